The molecule has 4 nitrogen and oxygen atoms in total. The number of carbonyl (C=O) groups is 1. The molecular formula is C9H3F5N2O2. The number of esters is 1. The Morgan fingerprint density at radius 1 is 1.00 bits per heavy atom. The molecule has 0 spiro atoms. The van der Waals surface area contributed by atoms with E-state index in [4.69, 9.17) is 5.53 Å². The van der Waals surface area contributed by atoms with Crippen LogP contribution < -0.4 is 4.74 Å². The van der Waals surface area contributed by atoms with Crippen LogP contribution in [0.25, 0.3) is 5.53 Å². The maximum Gasteiger partial charge on any atom is 0.422 e. The molecule has 0 unspecified atom stereocenters. The van der Waals surface area contributed by atoms with Gasteiger partial charge < -0.3 is 10.3 Å². The highest BCUT2D eigenvalue weighted by Crippen LogP contribution is 2.29. The Morgan fingerprint density at radius 3 is 1.78 bits per heavy atom. The highest BCUT2D eigenvalue weighted by Gasteiger charge is 2.30. The van der Waals surface area contributed by atoms with Crippen molar-refractivity contribution in [2.45, 2.75) is 6.92 Å². The summed E-state index contributed by atoms with van der Waals surface area (Å²) in [6.07, 6.45) is 0. The van der Waals surface area contributed by atoms with Gasteiger partial charge in [-0.1, -0.05) is 0 Å². The highest BCUT2D eigenvalue weighted by atomic mass is 19.2. The van der Waals surface area contributed by atoms with Crippen LogP contribution in [0.4, 0.5) is 22.0 Å². The fourth-order valence-electron chi connectivity index (χ4n) is 0.882. The van der Waals surface area contributed by atoms with Crippen LogP contribution in [0.15, 0.2) is 0 Å². The Balaban J connectivity index is 3.35. The van der Waals surface area contributed by atoms with E-state index in [0.29, 0.717) is 0 Å². The molecule has 96 valence electrons. The minimum absolute atomic E-state index is 0.737. The lowest BCUT2D eigenvalue weighted by Gasteiger charge is -2.06. The SMILES string of the molecule is CC(=[N+]=[N-])C(=O)Oc1c(F)c(F)c(F)c(F)c1F. The van der Waals surface area contributed by atoms with Gasteiger partial charge in [0.15, 0.2) is 0 Å². The van der Waals surface area contributed by atoms with E-state index in [0.717, 1.165) is 6.92 Å². The molecule has 0 atom stereocenters. The lowest BCUT2D eigenvalue weighted by Crippen LogP contribution is -2.20. The third-order valence-corrected chi connectivity index (χ3v) is 1.81. The standard InChI is InChI=1S/C9H3F5N2O2/c1-2(16-15)9(17)18-8-6(13)4(11)3(10)5(12)7(8)14/h1H3. The topological polar surface area (TPSA) is 62.7 Å². The molecule has 0 amide bonds. The van der Waals surface area contributed by atoms with E-state index in [2.05, 4.69) is 9.53 Å². The summed E-state index contributed by atoms with van der Waals surface area (Å²) in [7, 11) is 0. The summed E-state index contributed by atoms with van der Waals surface area (Å²) in [6, 6.07) is 0. The van der Waals surface area contributed by atoms with Crippen LogP contribution in [0.5, 0.6) is 5.75 Å². The van der Waals surface area contributed by atoms with Gasteiger partial charge in [-0.25, -0.2) is 18.0 Å². The highest BCUT2D eigenvalue weighted by molar-refractivity contribution is 6.33. The molecule has 0 aliphatic rings. The van der Waals surface area contributed by atoms with Crippen LogP contribution in [-0.2, 0) is 4.79 Å². The summed E-state index contributed by atoms with van der Waals surface area (Å²) in [4.78, 5) is 13.3. The van der Waals surface area contributed by atoms with Crippen LogP contribution in [0.2, 0.25) is 0 Å². The van der Waals surface area contributed by atoms with Gasteiger partial charge >= 0.3 is 11.7 Å². The molecule has 1 aromatic rings. The van der Waals surface area contributed by atoms with Crippen molar-refractivity contribution in [3.8, 4) is 5.75 Å². The predicted octanol–water partition coefficient (Wildman–Crippen LogP) is 1.98. The molecule has 0 saturated carbocycles. The number of ether oxygens (including phenoxy) is 1. The van der Waals surface area contributed by atoms with Crippen LogP contribution in [0.3, 0.4) is 0 Å². The molecule has 0 aromatic heterocycles. The second-order valence-corrected chi connectivity index (χ2v) is 2.97. The van der Waals surface area contributed by atoms with Gasteiger partial charge in [-0.15, -0.1) is 0 Å². The molecule has 0 N–H and O–H groups in total. The maximum absolute atomic E-state index is 13.0. The van der Waals surface area contributed by atoms with Crippen molar-refractivity contribution in [3.05, 3.63) is 34.6 Å². The first-order chi connectivity index (χ1) is 8.31. The van der Waals surface area contributed by atoms with E-state index < -0.39 is 46.5 Å². The molecule has 0 saturated heterocycles. The Labute approximate surface area is 96.2 Å². The van der Waals surface area contributed by atoms with Gasteiger partial charge in [0.05, 0.1) is 0 Å². The molecule has 0 aliphatic carbocycles. The van der Waals surface area contributed by atoms with Crippen molar-refractivity contribution in [2.24, 2.45) is 0 Å². The summed E-state index contributed by atoms with van der Waals surface area (Å²) in [5, 5.41) is 0. The molecule has 1 rings (SSSR count). The number of nitrogens with zero attached hydrogens (tertiary/aromatic N) is 2. The van der Waals surface area contributed by atoms with Crippen LogP contribution in [0.1, 0.15) is 6.92 Å². The van der Waals surface area contributed by atoms with Gasteiger partial charge in [0, 0.05) is 6.92 Å². The van der Waals surface area contributed by atoms with Gasteiger partial charge in [0.2, 0.25) is 34.8 Å². The summed E-state index contributed by atoms with van der Waals surface area (Å²) >= 11 is 0. The fourth-order valence-corrected chi connectivity index (χ4v) is 0.882. The summed E-state index contributed by atoms with van der Waals surface area (Å²) in [6.45, 7) is 0.897. The predicted molar refractivity (Wildman–Crippen MR) is 46.2 cm³/mol. The lowest BCUT2D eigenvalue weighted by molar-refractivity contribution is -0.132. The smallest absolute Gasteiger partial charge is 0.411 e. The van der Waals surface area contributed by atoms with E-state index in [1.807, 2.05) is 0 Å². The first-order valence-electron chi connectivity index (χ1n) is 4.23. The Hall–Kier alpha value is -2.28. The number of hydrogen-bond acceptors (Lipinski definition) is 2. The zero-order valence-corrected chi connectivity index (χ0v) is 8.60. The van der Waals surface area contributed by atoms with E-state index in [1.165, 1.54) is 0 Å². The summed E-state index contributed by atoms with van der Waals surface area (Å²) in [5.41, 5.74) is 7.43. The van der Waals surface area contributed by atoms with Gasteiger partial charge in [0.1, 0.15) is 0 Å². The number of carbonyl (C=O) groups excluding carboxylic acids is 1. The lowest BCUT2D eigenvalue weighted by atomic mass is 10.2. The first-order valence-corrected chi connectivity index (χ1v) is 4.23. The normalized spacial score (nSPS) is 9.89. The summed E-state index contributed by atoms with van der Waals surface area (Å²) < 4.78 is 68.0. The second-order valence-electron chi connectivity index (χ2n) is 2.97. The van der Waals surface area contributed by atoms with Crippen LogP contribution in [-0.4, -0.2) is 16.5 Å². The molecule has 0 radical (unpaired) electrons. The number of halogens is 5. The van der Waals surface area contributed by atoms with Crippen molar-refractivity contribution in [1.29, 1.82) is 0 Å². The molecule has 0 aliphatic heterocycles. The molecule has 1 aromatic carbocycles. The molecular weight excluding hydrogens is 263 g/mol. The molecule has 0 heterocycles. The molecule has 9 heteroatoms. The third kappa shape index (κ3) is 2.21. The van der Waals surface area contributed by atoms with E-state index in [9.17, 15) is 26.7 Å². The Bertz CT molecular complexity index is 552. The van der Waals surface area contributed by atoms with Crippen LogP contribution >= 0.6 is 0 Å². The fraction of sp³-hybridized carbons (Fsp3) is 0.111. The largest absolute Gasteiger partial charge is 0.422 e. The second kappa shape index (κ2) is 4.92. The van der Waals surface area contributed by atoms with Crippen molar-refractivity contribution in [2.75, 3.05) is 0 Å². The number of benzene rings is 1. The van der Waals surface area contributed by atoms with Crippen LogP contribution in [0, 0.1) is 29.1 Å². The Morgan fingerprint density at radius 2 is 1.39 bits per heavy atom. The monoisotopic (exact) mass is 266 g/mol. The van der Waals surface area contributed by atoms with Crippen molar-refractivity contribution in [3.63, 3.8) is 0 Å². The minimum atomic E-state index is -2.38. The quantitative estimate of drug-likeness (QED) is 0.120. The molecule has 0 fully saturated rings. The first kappa shape index (κ1) is 13.8. The Kier molecular flexibility index (Phi) is 3.77. The van der Waals surface area contributed by atoms with Crippen molar-refractivity contribution in [1.82, 2.24) is 0 Å². The van der Waals surface area contributed by atoms with E-state index in [-0.39, 0.29) is 0 Å². The number of rotatable bonds is 2. The average Bonchev–Trinajstić information content (AvgIpc) is 2.37. The van der Waals surface area contributed by atoms with Crippen molar-refractivity contribution < 1.29 is 36.3 Å². The van der Waals surface area contributed by atoms with Gasteiger partial charge in [-0.2, -0.15) is 13.6 Å². The molecule has 18 heavy (non-hydrogen) atoms. The van der Waals surface area contributed by atoms with E-state index in [1.54, 1.807) is 0 Å². The number of hydrogen-bond donors (Lipinski definition) is 0. The summed E-state index contributed by atoms with van der Waals surface area (Å²) in [5.74, 6) is -14.8. The minimum Gasteiger partial charge on any atom is -0.411 e. The average molecular weight is 266 g/mol. The van der Waals surface area contributed by atoms with Gasteiger partial charge in [-0.3, -0.25) is 0 Å². The maximum atomic E-state index is 13.0. The van der Waals surface area contributed by atoms with Gasteiger partial charge in [-0.05, 0) is 0 Å². The zero-order chi connectivity index (χ0) is 14.0. The zero-order valence-electron chi connectivity index (χ0n) is 8.60. The van der Waals surface area contributed by atoms with E-state index >= 15 is 0 Å². The third-order valence-electron chi connectivity index (χ3n) is 1.81. The molecule has 0 bridgehead atoms. The van der Waals surface area contributed by atoms with Gasteiger partial charge in [0.25, 0.3) is 0 Å². The van der Waals surface area contributed by atoms with Crippen molar-refractivity contribution >= 4 is 11.7 Å².